The minimum atomic E-state index is -0.196. The molecule has 3 aromatic heterocycles. The standard InChI is InChI=1S/C14H14N6O3S/c1-22-8-12-18-19-14(24-12)16-10(21)2-3-11-17-13(20-23-11)9-4-6-15-7-5-9/h4-7H,2-3,8H2,1H3,(H,16,19,21). The molecule has 0 saturated carbocycles. The van der Waals surface area contributed by atoms with E-state index in [-0.39, 0.29) is 12.3 Å². The van der Waals surface area contributed by atoms with Crippen molar-refractivity contribution < 1.29 is 14.1 Å². The summed E-state index contributed by atoms with van der Waals surface area (Å²) in [6.07, 6.45) is 3.85. The van der Waals surface area contributed by atoms with Crippen molar-refractivity contribution in [2.24, 2.45) is 0 Å². The number of carbonyl (C=O) groups is 1. The molecule has 24 heavy (non-hydrogen) atoms. The van der Waals surface area contributed by atoms with Gasteiger partial charge in [-0.05, 0) is 12.1 Å². The van der Waals surface area contributed by atoms with E-state index < -0.39 is 0 Å². The number of hydrogen-bond acceptors (Lipinski definition) is 9. The van der Waals surface area contributed by atoms with E-state index in [4.69, 9.17) is 9.26 Å². The molecule has 9 nitrogen and oxygen atoms in total. The van der Waals surface area contributed by atoms with Crippen LogP contribution < -0.4 is 5.32 Å². The summed E-state index contributed by atoms with van der Waals surface area (Å²) in [5, 5.41) is 15.5. The molecule has 10 heteroatoms. The van der Waals surface area contributed by atoms with Crippen LogP contribution in [-0.4, -0.2) is 38.3 Å². The first-order valence-corrected chi connectivity index (χ1v) is 7.90. The zero-order chi connectivity index (χ0) is 16.8. The lowest BCUT2D eigenvalue weighted by atomic mass is 10.2. The summed E-state index contributed by atoms with van der Waals surface area (Å²) in [6.45, 7) is 0.368. The zero-order valence-corrected chi connectivity index (χ0v) is 13.6. The molecule has 0 spiro atoms. The average Bonchev–Trinajstić information content (AvgIpc) is 3.24. The number of nitrogens with one attached hydrogen (secondary N) is 1. The van der Waals surface area contributed by atoms with Gasteiger partial charge >= 0.3 is 0 Å². The molecule has 0 fully saturated rings. The van der Waals surface area contributed by atoms with Crippen LogP contribution in [0.3, 0.4) is 0 Å². The van der Waals surface area contributed by atoms with Gasteiger partial charge in [0.25, 0.3) is 0 Å². The Labute approximate surface area is 141 Å². The third-order valence-corrected chi connectivity index (χ3v) is 3.77. The van der Waals surface area contributed by atoms with E-state index in [1.165, 1.54) is 11.3 Å². The van der Waals surface area contributed by atoms with E-state index >= 15 is 0 Å². The molecule has 0 aromatic carbocycles. The van der Waals surface area contributed by atoms with Gasteiger partial charge < -0.3 is 14.6 Å². The van der Waals surface area contributed by atoms with Gasteiger partial charge in [-0.15, -0.1) is 10.2 Å². The van der Waals surface area contributed by atoms with E-state index in [0.717, 1.165) is 5.56 Å². The van der Waals surface area contributed by atoms with Crippen LogP contribution in [0, 0.1) is 0 Å². The number of anilines is 1. The van der Waals surface area contributed by atoms with Gasteiger partial charge in [0.1, 0.15) is 11.6 Å². The third kappa shape index (κ3) is 4.18. The molecule has 1 amide bonds. The largest absolute Gasteiger partial charge is 0.377 e. The van der Waals surface area contributed by atoms with Crippen LogP contribution in [0.25, 0.3) is 11.4 Å². The first-order chi connectivity index (χ1) is 11.7. The van der Waals surface area contributed by atoms with Crippen molar-refractivity contribution in [3.05, 3.63) is 35.4 Å². The highest BCUT2D eigenvalue weighted by Crippen LogP contribution is 2.17. The summed E-state index contributed by atoms with van der Waals surface area (Å²) < 4.78 is 10.1. The summed E-state index contributed by atoms with van der Waals surface area (Å²) >= 11 is 1.27. The van der Waals surface area contributed by atoms with Crippen molar-refractivity contribution in [1.82, 2.24) is 25.3 Å². The Morgan fingerprint density at radius 1 is 1.33 bits per heavy atom. The zero-order valence-electron chi connectivity index (χ0n) is 12.8. The predicted octanol–water partition coefficient (Wildman–Crippen LogP) is 1.70. The summed E-state index contributed by atoms with van der Waals surface area (Å²) in [5.74, 6) is 0.675. The molecule has 0 atom stereocenters. The van der Waals surface area contributed by atoms with Crippen molar-refractivity contribution in [3.63, 3.8) is 0 Å². The Balaban J connectivity index is 1.52. The Morgan fingerprint density at radius 3 is 2.96 bits per heavy atom. The molecular formula is C14H14N6O3S. The second-order valence-corrected chi connectivity index (χ2v) is 5.79. The molecule has 124 valence electrons. The number of nitrogens with zero attached hydrogens (tertiary/aromatic N) is 5. The molecule has 0 aliphatic heterocycles. The summed E-state index contributed by atoms with van der Waals surface area (Å²) in [7, 11) is 1.57. The SMILES string of the molecule is COCc1nnc(NC(=O)CCc2nc(-c3ccncc3)no2)s1. The van der Waals surface area contributed by atoms with Gasteiger partial charge in [-0.3, -0.25) is 9.78 Å². The number of amides is 1. The van der Waals surface area contributed by atoms with Crippen molar-refractivity contribution in [3.8, 4) is 11.4 Å². The van der Waals surface area contributed by atoms with Crippen molar-refractivity contribution in [2.45, 2.75) is 19.4 Å². The third-order valence-electron chi connectivity index (χ3n) is 2.95. The molecule has 3 aromatic rings. The molecule has 1 N–H and O–H groups in total. The number of aromatic nitrogens is 5. The van der Waals surface area contributed by atoms with E-state index in [2.05, 4.69) is 30.6 Å². The lowest BCUT2D eigenvalue weighted by Gasteiger charge is -1.98. The number of ether oxygens (including phenoxy) is 1. The number of carbonyl (C=O) groups excluding carboxylic acids is 1. The molecule has 0 radical (unpaired) electrons. The maximum Gasteiger partial charge on any atom is 0.227 e. The normalized spacial score (nSPS) is 10.7. The summed E-state index contributed by atoms with van der Waals surface area (Å²) in [4.78, 5) is 20.1. The minimum absolute atomic E-state index is 0.196. The van der Waals surface area contributed by atoms with Crippen LogP contribution in [0.15, 0.2) is 29.0 Å². The second kappa shape index (κ2) is 7.70. The Hall–Kier alpha value is -2.72. The van der Waals surface area contributed by atoms with Gasteiger partial charge in [0.05, 0.1) is 0 Å². The quantitative estimate of drug-likeness (QED) is 0.687. The predicted molar refractivity (Wildman–Crippen MR) is 85.1 cm³/mol. The van der Waals surface area contributed by atoms with Crippen molar-refractivity contribution >= 4 is 22.4 Å². The van der Waals surface area contributed by atoms with Gasteiger partial charge in [0, 0.05) is 37.9 Å². The van der Waals surface area contributed by atoms with Crippen LogP contribution in [0.2, 0.25) is 0 Å². The topological polar surface area (TPSA) is 116 Å². The monoisotopic (exact) mass is 346 g/mol. The van der Waals surface area contributed by atoms with Crippen LogP contribution in [0.4, 0.5) is 5.13 Å². The fourth-order valence-electron chi connectivity index (χ4n) is 1.86. The smallest absolute Gasteiger partial charge is 0.227 e. The van der Waals surface area contributed by atoms with Crippen molar-refractivity contribution in [2.75, 3.05) is 12.4 Å². The van der Waals surface area contributed by atoms with E-state index in [1.807, 2.05) is 0 Å². The Bertz CT molecular complexity index is 804. The fraction of sp³-hybridized carbons (Fsp3) is 0.286. The van der Waals surface area contributed by atoms with E-state index in [0.29, 0.717) is 34.9 Å². The highest BCUT2D eigenvalue weighted by molar-refractivity contribution is 7.15. The number of aryl methyl sites for hydroxylation is 1. The Morgan fingerprint density at radius 2 is 2.17 bits per heavy atom. The van der Waals surface area contributed by atoms with Gasteiger partial charge in [-0.25, -0.2) is 0 Å². The average molecular weight is 346 g/mol. The number of rotatable bonds is 7. The van der Waals surface area contributed by atoms with Gasteiger partial charge in [0.15, 0.2) is 0 Å². The lowest BCUT2D eigenvalue weighted by molar-refractivity contribution is -0.116. The number of hydrogen-bond donors (Lipinski definition) is 1. The summed E-state index contributed by atoms with van der Waals surface area (Å²) in [5.41, 5.74) is 0.809. The lowest BCUT2D eigenvalue weighted by Crippen LogP contribution is -2.12. The molecule has 3 heterocycles. The fourth-order valence-corrected chi connectivity index (χ4v) is 2.59. The van der Waals surface area contributed by atoms with Crippen LogP contribution in [0.5, 0.6) is 0 Å². The van der Waals surface area contributed by atoms with Crippen LogP contribution in [0.1, 0.15) is 17.3 Å². The minimum Gasteiger partial charge on any atom is -0.377 e. The van der Waals surface area contributed by atoms with Crippen molar-refractivity contribution in [1.29, 1.82) is 0 Å². The molecular weight excluding hydrogens is 332 g/mol. The molecule has 3 rings (SSSR count). The Kier molecular flexibility index (Phi) is 5.18. The molecule has 0 unspecified atom stereocenters. The van der Waals surface area contributed by atoms with Gasteiger partial charge in [0.2, 0.25) is 22.8 Å². The second-order valence-electron chi connectivity index (χ2n) is 4.73. The molecule has 0 bridgehead atoms. The first kappa shape index (κ1) is 16.1. The highest BCUT2D eigenvalue weighted by Gasteiger charge is 2.12. The molecule has 0 saturated heterocycles. The highest BCUT2D eigenvalue weighted by atomic mass is 32.1. The molecule has 0 aliphatic carbocycles. The van der Waals surface area contributed by atoms with Crippen LogP contribution >= 0.6 is 11.3 Å². The van der Waals surface area contributed by atoms with E-state index in [9.17, 15) is 4.79 Å². The summed E-state index contributed by atoms with van der Waals surface area (Å²) in [6, 6.07) is 3.57. The maximum absolute atomic E-state index is 11.9. The first-order valence-electron chi connectivity index (χ1n) is 7.09. The molecule has 0 aliphatic rings. The maximum atomic E-state index is 11.9. The number of methoxy groups -OCH3 is 1. The number of pyridine rings is 1. The van der Waals surface area contributed by atoms with E-state index in [1.54, 1.807) is 31.6 Å². The van der Waals surface area contributed by atoms with Gasteiger partial charge in [-0.2, -0.15) is 4.98 Å². The van der Waals surface area contributed by atoms with Gasteiger partial charge in [-0.1, -0.05) is 16.5 Å². The van der Waals surface area contributed by atoms with Crippen LogP contribution in [-0.2, 0) is 22.6 Å².